The van der Waals surface area contributed by atoms with Gasteiger partial charge < -0.3 is 11.1 Å². The van der Waals surface area contributed by atoms with Crippen LogP contribution in [0.2, 0.25) is 0 Å². The number of aromatic nitrogens is 2. The molecule has 0 aliphatic heterocycles. The second-order valence-electron chi connectivity index (χ2n) is 5.47. The van der Waals surface area contributed by atoms with Crippen molar-refractivity contribution in [1.82, 2.24) is 15.1 Å². The highest BCUT2D eigenvalue weighted by Crippen LogP contribution is 2.21. The maximum absolute atomic E-state index is 12.3. The number of rotatable bonds is 3. The van der Waals surface area contributed by atoms with Crippen LogP contribution in [0.15, 0.2) is 30.5 Å². The molecule has 0 radical (unpaired) electrons. The minimum absolute atomic E-state index is 0.151. The van der Waals surface area contributed by atoms with E-state index in [4.69, 9.17) is 5.73 Å². The molecule has 2 aromatic rings. The summed E-state index contributed by atoms with van der Waals surface area (Å²) in [6.07, 6.45) is 4.53. The quantitative estimate of drug-likeness (QED) is 0.902. The Kier molecular flexibility index (Phi) is 3.64. The first-order valence-electron chi connectivity index (χ1n) is 7.38. The summed E-state index contributed by atoms with van der Waals surface area (Å²) in [5, 5.41) is 7.28. The molecule has 5 heteroatoms. The fourth-order valence-corrected chi connectivity index (χ4v) is 2.85. The molecule has 0 saturated heterocycles. The van der Waals surface area contributed by atoms with E-state index in [1.807, 2.05) is 13.0 Å². The lowest BCUT2D eigenvalue weighted by molar-refractivity contribution is 0.0928. The zero-order valence-corrected chi connectivity index (χ0v) is 12.2. The van der Waals surface area contributed by atoms with E-state index < -0.39 is 0 Å². The number of anilines is 1. The molecular formula is C16H20N4O. The van der Waals surface area contributed by atoms with Gasteiger partial charge in [-0.15, -0.1) is 0 Å². The highest BCUT2D eigenvalue weighted by atomic mass is 16.2. The Morgan fingerprint density at radius 2 is 2.19 bits per heavy atom. The van der Waals surface area contributed by atoms with Crippen molar-refractivity contribution in [3.63, 3.8) is 0 Å². The van der Waals surface area contributed by atoms with Crippen molar-refractivity contribution >= 4 is 11.6 Å². The first-order chi connectivity index (χ1) is 10.2. The lowest BCUT2D eigenvalue weighted by atomic mass is 9.88. The van der Waals surface area contributed by atoms with Crippen LogP contribution in [0.1, 0.15) is 35.0 Å². The second-order valence-corrected chi connectivity index (χ2v) is 5.47. The van der Waals surface area contributed by atoms with Gasteiger partial charge in [0.15, 0.2) is 5.69 Å². The van der Waals surface area contributed by atoms with E-state index in [9.17, 15) is 4.79 Å². The summed E-state index contributed by atoms with van der Waals surface area (Å²) in [5.74, 6) is -0.177. The number of nitrogens with one attached hydrogen (secondary N) is 1. The molecule has 1 unspecified atom stereocenters. The summed E-state index contributed by atoms with van der Waals surface area (Å²) in [4.78, 5) is 12.3. The number of hydrogen-bond donors (Lipinski definition) is 2. The lowest BCUT2D eigenvalue weighted by Crippen LogP contribution is -2.39. The summed E-state index contributed by atoms with van der Waals surface area (Å²) >= 11 is 0. The zero-order chi connectivity index (χ0) is 14.8. The Hall–Kier alpha value is -2.30. The predicted octanol–water partition coefficient (Wildman–Crippen LogP) is 1.77. The molecule has 21 heavy (non-hydrogen) atoms. The standard InChI is InChI=1S/C16H20N4O/c1-2-20-10-14(17)15(19-20)16(21)18-13-8-7-11-5-3-4-6-12(11)9-13/h3-6,10,13H,2,7-9,17H2,1H3,(H,18,21). The summed E-state index contributed by atoms with van der Waals surface area (Å²) in [6, 6.07) is 8.56. The molecule has 1 aliphatic rings. The number of hydrogen-bond acceptors (Lipinski definition) is 3. The average Bonchev–Trinajstić information content (AvgIpc) is 2.88. The average molecular weight is 284 g/mol. The fourth-order valence-electron chi connectivity index (χ4n) is 2.85. The monoisotopic (exact) mass is 284 g/mol. The van der Waals surface area contributed by atoms with Gasteiger partial charge in [0.25, 0.3) is 5.91 Å². The third-order valence-corrected chi connectivity index (χ3v) is 4.01. The molecule has 3 rings (SSSR count). The topological polar surface area (TPSA) is 72.9 Å². The normalized spacial score (nSPS) is 17.3. The molecule has 1 atom stereocenters. The van der Waals surface area contributed by atoms with Crippen molar-refractivity contribution < 1.29 is 4.79 Å². The van der Waals surface area contributed by atoms with Crippen LogP contribution in [0.3, 0.4) is 0 Å². The number of amides is 1. The van der Waals surface area contributed by atoms with Gasteiger partial charge >= 0.3 is 0 Å². The minimum Gasteiger partial charge on any atom is -0.396 e. The SMILES string of the molecule is CCn1cc(N)c(C(=O)NC2CCc3ccccc3C2)n1. The fraction of sp³-hybridized carbons (Fsp3) is 0.375. The van der Waals surface area contributed by atoms with Crippen molar-refractivity contribution in [2.75, 3.05) is 5.73 Å². The molecule has 110 valence electrons. The Morgan fingerprint density at radius 1 is 1.43 bits per heavy atom. The molecule has 1 heterocycles. The maximum Gasteiger partial charge on any atom is 0.274 e. The molecule has 0 fully saturated rings. The van der Waals surface area contributed by atoms with Crippen molar-refractivity contribution in [2.45, 2.75) is 38.8 Å². The van der Waals surface area contributed by atoms with Crippen LogP contribution >= 0.6 is 0 Å². The predicted molar refractivity (Wildman–Crippen MR) is 82.0 cm³/mol. The Balaban J connectivity index is 1.70. The summed E-state index contributed by atoms with van der Waals surface area (Å²) < 4.78 is 1.68. The van der Waals surface area contributed by atoms with E-state index >= 15 is 0 Å². The molecule has 5 nitrogen and oxygen atoms in total. The Labute approximate surface area is 124 Å². The number of carbonyl (C=O) groups is 1. The summed E-state index contributed by atoms with van der Waals surface area (Å²) in [5.41, 5.74) is 9.33. The van der Waals surface area contributed by atoms with Crippen molar-refractivity contribution in [3.05, 3.63) is 47.3 Å². The smallest absolute Gasteiger partial charge is 0.274 e. The number of aryl methyl sites for hydroxylation is 2. The largest absolute Gasteiger partial charge is 0.396 e. The molecule has 0 spiro atoms. The number of nitrogens with zero attached hydrogens (tertiary/aromatic N) is 2. The number of fused-ring (bicyclic) bond motifs is 1. The zero-order valence-electron chi connectivity index (χ0n) is 12.2. The number of benzene rings is 1. The second kappa shape index (κ2) is 5.60. The minimum atomic E-state index is -0.177. The first kappa shape index (κ1) is 13.7. The highest BCUT2D eigenvalue weighted by Gasteiger charge is 2.22. The van der Waals surface area contributed by atoms with E-state index in [1.54, 1.807) is 10.9 Å². The van der Waals surface area contributed by atoms with E-state index in [0.29, 0.717) is 17.9 Å². The van der Waals surface area contributed by atoms with Gasteiger partial charge in [0, 0.05) is 18.8 Å². The van der Waals surface area contributed by atoms with Crippen LogP contribution in [-0.2, 0) is 19.4 Å². The van der Waals surface area contributed by atoms with Gasteiger partial charge in [-0.1, -0.05) is 24.3 Å². The highest BCUT2D eigenvalue weighted by molar-refractivity contribution is 5.97. The summed E-state index contributed by atoms with van der Waals surface area (Å²) in [6.45, 7) is 2.67. The molecule has 1 aromatic carbocycles. The third kappa shape index (κ3) is 2.77. The van der Waals surface area contributed by atoms with E-state index in [1.165, 1.54) is 11.1 Å². The first-order valence-corrected chi connectivity index (χ1v) is 7.38. The number of carbonyl (C=O) groups excluding carboxylic acids is 1. The van der Waals surface area contributed by atoms with Crippen LogP contribution in [-0.4, -0.2) is 21.7 Å². The maximum atomic E-state index is 12.3. The van der Waals surface area contributed by atoms with E-state index in [-0.39, 0.29) is 11.9 Å². The molecule has 0 bridgehead atoms. The molecule has 1 aliphatic carbocycles. The lowest BCUT2D eigenvalue weighted by Gasteiger charge is -2.25. The van der Waals surface area contributed by atoms with E-state index in [2.05, 4.69) is 28.6 Å². The van der Waals surface area contributed by atoms with E-state index in [0.717, 1.165) is 19.3 Å². The summed E-state index contributed by atoms with van der Waals surface area (Å²) in [7, 11) is 0. The molecule has 3 N–H and O–H groups in total. The third-order valence-electron chi connectivity index (χ3n) is 4.01. The van der Waals surface area contributed by atoms with Crippen molar-refractivity contribution in [1.29, 1.82) is 0 Å². The van der Waals surface area contributed by atoms with Gasteiger partial charge in [-0.25, -0.2) is 0 Å². The Bertz CT molecular complexity index is 662. The number of nitrogens with two attached hydrogens (primary N) is 1. The van der Waals surface area contributed by atoms with Crippen molar-refractivity contribution in [2.24, 2.45) is 0 Å². The van der Waals surface area contributed by atoms with Gasteiger partial charge in [0.05, 0.1) is 5.69 Å². The van der Waals surface area contributed by atoms with Crippen LogP contribution in [0, 0.1) is 0 Å². The molecular weight excluding hydrogens is 264 g/mol. The van der Waals surface area contributed by atoms with Gasteiger partial charge in [0.2, 0.25) is 0 Å². The van der Waals surface area contributed by atoms with Crippen LogP contribution < -0.4 is 11.1 Å². The van der Waals surface area contributed by atoms with Crippen LogP contribution in [0.25, 0.3) is 0 Å². The van der Waals surface area contributed by atoms with Crippen molar-refractivity contribution in [3.8, 4) is 0 Å². The molecule has 1 amide bonds. The van der Waals surface area contributed by atoms with Crippen LogP contribution in [0.5, 0.6) is 0 Å². The molecule has 1 aromatic heterocycles. The van der Waals surface area contributed by atoms with Crippen LogP contribution in [0.4, 0.5) is 5.69 Å². The number of nitrogen functional groups attached to an aromatic ring is 1. The molecule has 0 saturated carbocycles. The van der Waals surface area contributed by atoms with Gasteiger partial charge in [-0.2, -0.15) is 5.10 Å². The van der Waals surface area contributed by atoms with Gasteiger partial charge in [0.1, 0.15) is 0 Å². The Morgan fingerprint density at radius 3 is 2.90 bits per heavy atom. The van der Waals surface area contributed by atoms with Gasteiger partial charge in [-0.05, 0) is 37.3 Å². The van der Waals surface area contributed by atoms with Gasteiger partial charge in [-0.3, -0.25) is 9.48 Å².